The van der Waals surface area contributed by atoms with Crippen LogP contribution in [0.1, 0.15) is 12.8 Å². The number of hydrogen-bond acceptors (Lipinski definition) is 5. The first kappa shape index (κ1) is 21.7. The minimum Gasteiger partial charge on any atom is -0.356 e. The molecule has 1 aromatic carbocycles. The van der Waals surface area contributed by atoms with Crippen molar-refractivity contribution in [2.75, 3.05) is 52.9 Å². The molecule has 2 rings (SSSR count). The predicted octanol–water partition coefficient (Wildman–Crippen LogP) is 0.387. The molecular formula is C17H26F2N4O3S. The minimum absolute atomic E-state index is 0.0303. The van der Waals surface area contributed by atoms with Crippen LogP contribution in [0.25, 0.3) is 0 Å². The second kappa shape index (κ2) is 10.1. The number of carbonyl (C=O) groups excluding carboxylic acids is 1. The van der Waals surface area contributed by atoms with Gasteiger partial charge in [-0.25, -0.2) is 21.9 Å². The van der Waals surface area contributed by atoms with Crippen LogP contribution in [0.2, 0.25) is 0 Å². The molecule has 1 aliphatic rings. The molecule has 2 N–H and O–H groups in total. The Bertz CT molecular complexity index is 738. The summed E-state index contributed by atoms with van der Waals surface area (Å²) in [7, 11) is -1.89. The Morgan fingerprint density at radius 3 is 2.48 bits per heavy atom. The summed E-state index contributed by atoms with van der Waals surface area (Å²) in [5.41, 5.74) is 0. The highest BCUT2D eigenvalue weighted by atomic mass is 32.2. The van der Waals surface area contributed by atoms with Gasteiger partial charge in [0.15, 0.2) is 11.6 Å². The fourth-order valence-corrected chi connectivity index (χ4v) is 3.76. The fourth-order valence-electron chi connectivity index (χ4n) is 2.72. The molecule has 152 valence electrons. The molecule has 0 saturated carbocycles. The monoisotopic (exact) mass is 404 g/mol. The molecule has 1 saturated heterocycles. The van der Waals surface area contributed by atoms with Crippen LogP contribution in [-0.2, 0) is 14.8 Å². The fraction of sp³-hybridized carbons (Fsp3) is 0.588. The number of carbonyl (C=O) groups is 1. The zero-order valence-corrected chi connectivity index (χ0v) is 16.2. The summed E-state index contributed by atoms with van der Waals surface area (Å²) in [6, 6.07) is 2.33. The Morgan fingerprint density at radius 1 is 1.11 bits per heavy atom. The molecular weight excluding hydrogens is 378 g/mol. The first-order valence-corrected chi connectivity index (χ1v) is 10.4. The van der Waals surface area contributed by atoms with E-state index in [2.05, 4.69) is 26.9 Å². The van der Waals surface area contributed by atoms with E-state index in [4.69, 9.17) is 0 Å². The van der Waals surface area contributed by atoms with Gasteiger partial charge in [0, 0.05) is 45.7 Å². The van der Waals surface area contributed by atoms with Gasteiger partial charge in [-0.2, -0.15) is 0 Å². The van der Waals surface area contributed by atoms with Crippen molar-refractivity contribution in [1.82, 2.24) is 19.8 Å². The van der Waals surface area contributed by atoms with Crippen LogP contribution < -0.4 is 10.0 Å². The molecule has 27 heavy (non-hydrogen) atoms. The molecule has 0 bridgehead atoms. The van der Waals surface area contributed by atoms with E-state index < -0.39 is 21.7 Å². The number of sulfonamides is 1. The first-order chi connectivity index (χ1) is 12.8. The van der Waals surface area contributed by atoms with Crippen LogP contribution >= 0.6 is 0 Å². The van der Waals surface area contributed by atoms with E-state index >= 15 is 0 Å². The van der Waals surface area contributed by atoms with E-state index in [9.17, 15) is 22.0 Å². The van der Waals surface area contributed by atoms with Crippen LogP contribution in [0.15, 0.2) is 23.1 Å². The van der Waals surface area contributed by atoms with Crippen LogP contribution in [0.3, 0.4) is 0 Å². The number of halogens is 2. The van der Waals surface area contributed by atoms with E-state index in [-0.39, 0.29) is 23.8 Å². The van der Waals surface area contributed by atoms with Gasteiger partial charge >= 0.3 is 0 Å². The molecule has 0 atom stereocenters. The number of rotatable bonds is 9. The van der Waals surface area contributed by atoms with Gasteiger partial charge in [0.05, 0.1) is 4.90 Å². The van der Waals surface area contributed by atoms with Crippen molar-refractivity contribution in [3.63, 3.8) is 0 Å². The van der Waals surface area contributed by atoms with Crippen molar-refractivity contribution >= 4 is 15.9 Å². The van der Waals surface area contributed by atoms with Gasteiger partial charge < -0.3 is 15.1 Å². The van der Waals surface area contributed by atoms with Gasteiger partial charge in [-0.05, 0) is 38.2 Å². The van der Waals surface area contributed by atoms with Crippen molar-refractivity contribution in [3.8, 4) is 0 Å². The zero-order chi connectivity index (χ0) is 19.9. The lowest BCUT2D eigenvalue weighted by Crippen LogP contribution is -2.45. The summed E-state index contributed by atoms with van der Waals surface area (Å²) in [5.74, 6) is -2.62. The lowest BCUT2D eigenvalue weighted by atomic mass is 10.3. The number of hydrogen-bond donors (Lipinski definition) is 2. The van der Waals surface area contributed by atoms with E-state index in [0.717, 1.165) is 51.3 Å². The lowest BCUT2D eigenvalue weighted by Gasteiger charge is -2.32. The SMILES string of the molecule is CN1CCN(CCCNC(=O)CCNS(=O)(=O)c2ccc(F)c(F)c2)CC1. The smallest absolute Gasteiger partial charge is 0.240 e. The minimum atomic E-state index is -3.99. The summed E-state index contributed by atoms with van der Waals surface area (Å²) in [5, 5.41) is 2.75. The molecule has 0 radical (unpaired) electrons. The quantitative estimate of drug-likeness (QED) is 0.582. The number of nitrogens with zero attached hydrogens (tertiary/aromatic N) is 2. The molecule has 0 aliphatic carbocycles. The molecule has 1 amide bonds. The van der Waals surface area contributed by atoms with Gasteiger partial charge in [0.25, 0.3) is 0 Å². The molecule has 0 spiro atoms. The Hall–Kier alpha value is -1.62. The number of nitrogens with one attached hydrogen (secondary N) is 2. The van der Waals surface area contributed by atoms with E-state index in [0.29, 0.717) is 12.6 Å². The van der Waals surface area contributed by atoms with Crippen molar-refractivity contribution in [2.24, 2.45) is 0 Å². The first-order valence-electron chi connectivity index (χ1n) is 8.90. The molecule has 1 aromatic rings. The zero-order valence-electron chi connectivity index (χ0n) is 15.4. The standard InChI is InChI=1S/C17H26F2N4O3S/c1-22-9-11-23(12-10-22)8-2-6-20-17(24)5-7-21-27(25,26)14-3-4-15(18)16(19)13-14/h3-4,13,21H,2,5-12H2,1H3,(H,20,24). The van der Waals surface area contributed by atoms with Crippen LogP contribution in [0, 0.1) is 11.6 Å². The number of piperazine rings is 1. The van der Waals surface area contributed by atoms with Gasteiger partial charge in [-0.3, -0.25) is 4.79 Å². The molecule has 1 fully saturated rings. The van der Waals surface area contributed by atoms with Gasteiger partial charge in [-0.15, -0.1) is 0 Å². The largest absolute Gasteiger partial charge is 0.356 e. The number of benzene rings is 1. The lowest BCUT2D eigenvalue weighted by molar-refractivity contribution is -0.120. The summed E-state index contributed by atoms with van der Waals surface area (Å²) < 4.78 is 52.2. The van der Waals surface area contributed by atoms with Crippen LogP contribution in [-0.4, -0.2) is 77.0 Å². The normalized spacial score (nSPS) is 16.4. The number of amides is 1. The Kier molecular flexibility index (Phi) is 8.08. The van der Waals surface area contributed by atoms with E-state index in [1.165, 1.54) is 0 Å². The van der Waals surface area contributed by atoms with E-state index in [1.807, 2.05) is 0 Å². The van der Waals surface area contributed by atoms with Gasteiger partial charge in [-0.1, -0.05) is 0 Å². The highest BCUT2D eigenvalue weighted by molar-refractivity contribution is 7.89. The highest BCUT2D eigenvalue weighted by Crippen LogP contribution is 2.13. The summed E-state index contributed by atoms with van der Waals surface area (Å²) in [4.78, 5) is 16.0. The maximum atomic E-state index is 13.1. The third-order valence-corrected chi connectivity index (χ3v) is 5.87. The number of likely N-dealkylation sites (N-methyl/N-ethyl adjacent to an activating group) is 1. The molecule has 7 nitrogen and oxygen atoms in total. The summed E-state index contributed by atoms with van der Waals surface area (Å²) in [6.07, 6.45) is 0.799. The Morgan fingerprint density at radius 2 is 1.81 bits per heavy atom. The topological polar surface area (TPSA) is 81.8 Å². The van der Waals surface area contributed by atoms with Crippen molar-refractivity contribution in [1.29, 1.82) is 0 Å². The van der Waals surface area contributed by atoms with E-state index in [1.54, 1.807) is 0 Å². The molecule has 10 heteroatoms. The van der Waals surface area contributed by atoms with Crippen LogP contribution in [0.5, 0.6) is 0 Å². The second-order valence-electron chi connectivity index (χ2n) is 6.57. The van der Waals surface area contributed by atoms with Gasteiger partial charge in [0.1, 0.15) is 0 Å². The van der Waals surface area contributed by atoms with Crippen molar-refractivity contribution in [3.05, 3.63) is 29.8 Å². The third-order valence-electron chi connectivity index (χ3n) is 4.41. The maximum absolute atomic E-state index is 13.1. The summed E-state index contributed by atoms with van der Waals surface area (Å²) in [6.45, 7) is 5.46. The Balaban J connectivity index is 1.63. The molecule has 0 aromatic heterocycles. The second-order valence-corrected chi connectivity index (χ2v) is 8.34. The van der Waals surface area contributed by atoms with Crippen molar-refractivity contribution in [2.45, 2.75) is 17.7 Å². The third kappa shape index (κ3) is 7.13. The highest BCUT2D eigenvalue weighted by Gasteiger charge is 2.17. The average Bonchev–Trinajstić information content (AvgIpc) is 2.62. The molecule has 1 aliphatic heterocycles. The Labute approximate surface area is 158 Å². The predicted molar refractivity (Wildman–Crippen MR) is 97.7 cm³/mol. The molecule has 1 heterocycles. The van der Waals surface area contributed by atoms with Crippen LogP contribution in [0.4, 0.5) is 8.78 Å². The van der Waals surface area contributed by atoms with Crippen molar-refractivity contribution < 1.29 is 22.0 Å². The van der Waals surface area contributed by atoms with Gasteiger partial charge in [0.2, 0.25) is 15.9 Å². The molecule has 0 unspecified atom stereocenters. The maximum Gasteiger partial charge on any atom is 0.240 e. The average molecular weight is 404 g/mol. The summed E-state index contributed by atoms with van der Waals surface area (Å²) >= 11 is 0.